The highest BCUT2D eigenvalue weighted by atomic mass is 16.5. The van der Waals surface area contributed by atoms with Crippen LogP contribution in [0.15, 0.2) is 30.5 Å². The van der Waals surface area contributed by atoms with Gasteiger partial charge in [0.25, 0.3) is 0 Å². The fourth-order valence-electron chi connectivity index (χ4n) is 3.53. The van der Waals surface area contributed by atoms with Gasteiger partial charge in [-0.1, -0.05) is 19.1 Å². The van der Waals surface area contributed by atoms with Crippen LogP contribution in [0.5, 0.6) is 5.75 Å². The third kappa shape index (κ3) is 4.21. The minimum absolute atomic E-state index is 0.237. The molecule has 27 heavy (non-hydrogen) atoms. The Bertz CT molecular complexity index is 781. The largest absolute Gasteiger partial charge is 0.497 e. The van der Waals surface area contributed by atoms with Crippen LogP contribution in [-0.2, 0) is 4.79 Å². The van der Waals surface area contributed by atoms with E-state index in [1.807, 2.05) is 61.3 Å². The molecule has 2 heterocycles. The van der Waals surface area contributed by atoms with Crippen molar-refractivity contribution < 1.29 is 9.53 Å². The zero-order valence-electron chi connectivity index (χ0n) is 16.6. The fourth-order valence-corrected chi connectivity index (χ4v) is 3.53. The summed E-state index contributed by atoms with van der Waals surface area (Å²) < 4.78 is 5.27. The van der Waals surface area contributed by atoms with Gasteiger partial charge in [0, 0.05) is 51.3 Å². The third-order valence-corrected chi connectivity index (χ3v) is 5.14. The number of carbonyl (C=O) groups is 1. The Morgan fingerprint density at radius 1 is 1.22 bits per heavy atom. The molecule has 0 spiro atoms. The lowest BCUT2D eigenvalue weighted by Crippen LogP contribution is -2.37. The van der Waals surface area contributed by atoms with Crippen LogP contribution < -0.4 is 9.64 Å². The van der Waals surface area contributed by atoms with Crippen molar-refractivity contribution in [3.63, 3.8) is 0 Å². The van der Waals surface area contributed by atoms with Gasteiger partial charge in [-0.15, -0.1) is 0 Å². The standard InChI is InChI=1S/C21H28N4O2/c1-5-19(26)25-12-10-16(11-13-25)20-18(14-22-21(23-20)24(2)3)15-6-8-17(27-4)9-7-15/h6-9,14,16H,5,10-13H2,1-4H3. The van der Waals surface area contributed by atoms with Crippen molar-refractivity contribution in [2.24, 2.45) is 0 Å². The normalized spacial score (nSPS) is 14.9. The molecule has 6 nitrogen and oxygen atoms in total. The molecule has 0 bridgehead atoms. The topological polar surface area (TPSA) is 58.6 Å². The van der Waals surface area contributed by atoms with Gasteiger partial charge in [-0.3, -0.25) is 4.79 Å². The summed E-state index contributed by atoms with van der Waals surface area (Å²) in [7, 11) is 5.57. The van der Waals surface area contributed by atoms with Gasteiger partial charge >= 0.3 is 0 Å². The number of rotatable bonds is 5. The van der Waals surface area contributed by atoms with Gasteiger partial charge < -0.3 is 14.5 Å². The van der Waals surface area contributed by atoms with Crippen LogP contribution in [0.25, 0.3) is 11.1 Å². The van der Waals surface area contributed by atoms with Crippen LogP contribution >= 0.6 is 0 Å². The number of hydrogen-bond donors (Lipinski definition) is 0. The fraction of sp³-hybridized carbons (Fsp3) is 0.476. The second kappa shape index (κ2) is 8.37. The van der Waals surface area contributed by atoms with E-state index in [0.29, 0.717) is 18.3 Å². The number of anilines is 1. The van der Waals surface area contributed by atoms with Crippen molar-refractivity contribution in [3.05, 3.63) is 36.2 Å². The third-order valence-electron chi connectivity index (χ3n) is 5.14. The second-order valence-corrected chi connectivity index (χ2v) is 7.10. The van der Waals surface area contributed by atoms with Crippen molar-refractivity contribution in [3.8, 4) is 16.9 Å². The minimum atomic E-state index is 0.237. The number of carbonyl (C=O) groups excluding carboxylic acids is 1. The Balaban J connectivity index is 1.92. The molecular weight excluding hydrogens is 340 g/mol. The first-order valence-electron chi connectivity index (χ1n) is 9.50. The van der Waals surface area contributed by atoms with Crippen LogP contribution in [0.1, 0.15) is 37.8 Å². The maximum absolute atomic E-state index is 12.0. The highest BCUT2D eigenvalue weighted by Crippen LogP contribution is 2.35. The summed E-state index contributed by atoms with van der Waals surface area (Å²) in [6, 6.07) is 8.02. The quantitative estimate of drug-likeness (QED) is 0.810. The Morgan fingerprint density at radius 2 is 1.89 bits per heavy atom. The van der Waals surface area contributed by atoms with Gasteiger partial charge in [0.2, 0.25) is 11.9 Å². The number of amides is 1. The zero-order chi connectivity index (χ0) is 19.4. The molecular formula is C21H28N4O2. The highest BCUT2D eigenvalue weighted by molar-refractivity contribution is 5.76. The van der Waals surface area contributed by atoms with Gasteiger partial charge in [-0.25, -0.2) is 9.97 Å². The highest BCUT2D eigenvalue weighted by Gasteiger charge is 2.26. The Labute approximate surface area is 161 Å². The summed E-state index contributed by atoms with van der Waals surface area (Å²) >= 11 is 0. The molecule has 1 aromatic carbocycles. The molecule has 0 atom stereocenters. The van der Waals surface area contributed by atoms with E-state index in [4.69, 9.17) is 9.72 Å². The zero-order valence-corrected chi connectivity index (χ0v) is 16.6. The predicted octanol–water partition coefficient (Wildman–Crippen LogP) is 3.33. The summed E-state index contributed by atoms with van der Waals surface area (Å²) in [5, 5.41) is 0. The Kier molecular flexibility index (Phi) is 5.94. The van der Waals surface area contributed by atoms with E-state index >= 15 is 0 Å². The molecule has 3 rings (SSSR count). The van der Waals surface area contributed by atoms with Gasteiger partial charge in [0.15, 0.2) is 0 Å². The minimum Gasteiger partial charge on any atom is -0.497 e. The van der Waals surface area contributed by atoms with Crippen LogP contribution in [0.4, 0.5) is 5.95 Å². The number of piperidine rings is 1. The average Bonchev–Trinajstić information content (AvgIpc) is 2.73. The van der Waals surface area contributed by atoms with Gasteiger partial charge in [0.1, 0.15) is 5.75 Å². The SMILES string of the molecule is CCC(=O)N1CCC(c2nc(N(C)C)ncc2-c2ccc(OC)cc2)CC1. The van der Waals surface area contributed by atoms with Crippen LogP contribution in [-0.4, -0.2) is 55.1 Å². The molecule has 1 saturated heterocycles. The molecule has 0 N–H and O–H groups in total. The molecule has 6 heteroatoms. The Hall–Kier alpha value is -2.63. The van der Waals surface area contributed by atoms with Crippen LogP contribution in [0.2, 0.25) is 0 Å². The molecule has 1 aromatic heterocycles. The lowest BCUT2D eigenvalue weighted by molar-refractivity contribution is -0.131. The number of ether oxygens (including phenoxy) is 1. The molecule has 0 unspecified atom stereocenters. The molecule has 1 amide bonds. The van der Waals surface area contributed by atoms with Crippen molar-refractivity contribution in [2.75, 3.05) is 39.2 Å². The second-order valence-electron chi connectivity index (χ2n) is 7.10. The van der Waals surface area contributed by atoms with E-state index in [2.05, 4.69) is 4.98 Å². The molecule has 1 aliphatic heterocycles. The van der Waals surface area contributed by atoms with E-state index in [9.17, 15) is 4.79 Å². The van der Waals surface area contributed by atoms with Crippen molar-refractivity contribution in [1.29, 1.82) is 0 Å². The first kappa shape index (κ1) is 19.1. The summed E-state index contributed by atoms with van der Waals surface area (Å²) in [6.45, 7) is 3.51. The molecule has 0 saturated carbocycles. The van der Waals surface area contributed by atoms with Gasteiger partial charge in [-0.05, 0) is 30.5 Å². The summed E-state index contributed by atoms with van der Waals surface area (Å²) in [5.74, 6) is 2.11. The predicted molar refractivity (Wildman–Crippen MR) is 107 cm³/mol. The molecule has 144 valence electrons. The smallest absolute Gasteiger partial charge is 0.225 e. The summed E-state index contributed by atoms with van der Waals surface area (Å²) in [4.78, 5) is 25.3. The van der Waals surface area contributed by atoms with Crippen molar-refractivity contribution in [2.45, 2.75) is 32.1 Å². The number of benzene rings is 1. The summed E-state index contributed by atoms with van der Waals surface area (Å²) in [5.41, 5.74) is 3.22. The molecule has 0 radical (unpaired) electrons. The number of nitrogens with zero attached hydrogens (tertiary/aromatic N) is 4. The number of likely N-dealkylation sites (tertiary alicyclic amines) is 1. The Morgan fingerprint density at radius 3 is 2.44 bits per heavy atom. The molecule has 1 fully saturated rings. The lowest BCUT2D eigenvalue weighted by Gasteiger charge is -2.32. The van der Waals surface area contributed by atoms with Gasteiger partial charge in [0.05, 0.1) is 12.8 Å². The molecule has 1 aliphatic rings. The molecule has 0 aliphatic carbocycles. The first-order chi connectivity index (χ1) is 13.0. The monoisotopic (exact) mass is 368 g/mol. The number of methoxy groups -OCH3 is 1. The maximum atomic E-state index is 12.0. The lowest BCUT2D eigenvalue weighted by atomic mass is 9.89. The maximum Gasteiger partial charge on any atom is 0.225 e. The van der Waals surface area contributed by atoms with Crippen LogP contribution in [0, 0.1) is 0 Å². The average molecular weight is 368 g/mol. The van der Waals surface area contributed by atoms with Gasteiger partial charge in [-0.2, -0.15) is 0 Å². The number of hydrogen-bond acceptors (Lipinski definition) is 5. The van der Waals surface area contributed by atoms with Crippen molar-refractivity contribution >= 4 is 11.9 Å². The number of aromatic nitrogens is 2. The van der Waals surface area contributed by atoms with E-state index < -0.39 is 0 Å². The van der Waals surface area contributed by atoms with E-state index in [1.54, 1.807) is 7.11 Å². The van der Waals surface area contributed by atoms with Crippen molar-refractivity contribution in [1.82, 2.24) is 14.9 Å². The van der Waals surface area contributed by atoms with Crippen LogP contribution in [0.3, 0.4) is 0 Å². The van der Waals surface area contributed by atoms with E-state index in [1.165, 1.54) is 0 Å². The molecule has 2 aromatic rings. The van der Waals surface area contributed by atoms with E-state index in [-0.39, 0.29) is 5.91 Å². The van der Waals surface area contributed by atoms with E-state index in [0.717, 1.165) is 48.5 Å². The summed E-state index contributed by atoms with van der Waals surface area (Å²) in [6.07, 6.45) is 4.35. The first-order valence-corrected chi connectivity index (χ1v) is 9.50.